The van der Waals surface area contributed by atoms with E-state index in [1.165, 1.54) is 13.4 Å². The van der Waals surface area contributed by atoms with Crippen molar-refractivity contribution in [1.82, 2.24) is 0 Å². The van der Waals surface area contributed by atoms with Crippen LogP contribution in [-0.4, -0.2) is 41.5 Å². The Hall–Kier alpha value is -0.821. The summed E-state index contributed by atoms with van der Waals surface area (Å²) in [6.45, 7) is 9.66. The Morgan fingerprint density at radius 1 is 0.958 bits per heavy atom. The van der Waals surface area contributed by atoms with Crippen LogP contribution >= 0.6 is 0 Å². The summed E-state index contributed by atoms with van der Waals surface area (Å²) in [6, 6.07) is 21.6. The summed E-state index contributed by atoms with van der Waals surface area (Å²) >= 11 is 0.579. The molecule has 0 amide bonds. The van der Waals surface area contributed by atoms with Crippen molar-refractivity contribution in [3.63, 3.8) is 0 Å². The molecule has 3 heteroatoms. The van der Waals surface area contributed by atoms with Crippen LogP contribution in [0.4, 0.5) is 0 Å². The van der Waals surface area contributed by atoms with Crippen LogP contribution in [0.25, 0.3) is 0 Å². The monoisotopic (exact) mass is 454 g/mol. The van der Waals surface area contributed by atoms with Crippen LogP contribution in [0.5, 0.6) is 0 Å². The molecule has 0 heterocycles. The fourth-order valence-corrected chi connectivity index (χ4v) is 7.58. The van der Waals surface area contributed by atoms with Crippen LogP contribution in [0, 0.1) is 5.41 Å². The molecular formula is C21H26OSe2. The van der Waals surface area contributed by atoms with E-state index in [1.807, 2.05) is 0 Å². The quantitative estimate of drug-likeness (QED) is 0.586. The molecule has 2 aromatic carbocycles. The van der Waals surface area contributed by atoms with Gasteiger partial charge in [-0.05, 0) is 0 Å². The summed E-state index contributed by atoms with van der Waals surface area (Å²) in [5.41, 5.74) is 0.161. The van der Waals surface area contributed by atoms with Crippen LogP contribution in [0.15, 0.2) is 71.2 Å². The number of rotatable bonds is 7. The molecule has 0 radical (unpaired) electrons. The number of allylic oxidation sites excluding steroid dienone is 1. The van der Waals surface area contributed by atoms with E-state index in [0.717, 1.165) is 6.61 Å². The third-order valence-electron chi connectivity index (χ3n) is 3.09. The minimum absolute atomic E-state index is 0.161. The number of ether oxygens (including phenoxy) is 1. The van der Waals surface area contributed by atoms with E-state index in [2.05, 4.69) is 94.4 Å². The Morgan fingerprint density at radius 2 is 1.50 bits per heavy atom. The fraction of sp³-hybridized carbons (Fsp3) is 0.333. The zero-order valence-electron chi connectivity index (χ0n) is 14.9. The van der Waals surface area contributed by atoms with Gasteiger partial charge in [-0.1, -0.05) is 0 Å². The molecule has 1 unspecified atom stereocenters. The van der Waals surface area contributed by atoms with Crippen molar-refractivity contribution in [2.45, 2.75) is 32.7 Å². The summed E-state index contributed by atoms with van der Waals surface area (Å²) in [7, 11) is 0. The van der Waals surface area contributed by atoms with E-state index >= 15 is 0 Å². The number of hydrogen-bond acceptors (Lipinski definition) is 1. The molecule has 128 valence electrons. The fourth-order valence-electron chi connectivity index (χ4n) is 2.15. The first kappa shape index (κ1) is 19.5. The molecule has 1 nitrogen and oxygen atoms in total. The predicted molar refractivity (Wildman–Crippen MR) is 107 cm³/mol. The summed E-state index contributed by atoms with van der Waals surface area (Å²) in [4.78, 5) is 0. The summed E-state index contributed by atoms with van der Waals surface area (Å²) in [5, 5.41) is 0.212. The Balaban J connectivity index is 2.28. The van der Waals surface area contributed by atoms with E-state index < -0.39 is 0 Å². The van der Waals surface area contributed by atoms with Crippen molar-refractivity contribution >= 4 is 38.8 Å². The molecule has 0 fully saturated rings. The van der Waals surface area contributed by atoms with E-state index in [-0.39, 0.29) is 25.4 Å². The van der Waals surface area contributed by atoms with E-state index in [1.54, 1.807) is 0 Å². The van der Waals surface area contributed by atoms with Gasteiger partial charge in [-0.3, -0.25) is 0 Å². The summed E-state index contributed by atoms with van der Waals surface area (Å²) in [6.07, 6.45) is 2.44. The van der Waals surface area contributed by atoms with Crippen molar-refractivity contribution in [2.24, 2.45) is 5.41 Å². The molecule has 2 aromatic rings. The topological polar surface area (TPSA) is 9.23 Å². The Kier molecular flexibility index (Phi) is 7.81. The van der Waals surface area contributed by atoms with Gasteiger partial charge in [0.2, 0.25) is 0 Å². The normalized spacial score (nSPS) is 13.8. The van der Waals surface area contributed by atoms with E-state index in [4.69, 9.17) is 4.74 Å². The third kappa shape index (κ3) is 6.97. The molecular weight excluding hydrogens is 426 g/mol. The van der Waals surface area contributed by atoms with Gasteiger partial charge in [0.05, 0.1) is 0 Å². The predicted octanol–water partition coefficient (Wildman–Crippen LogP) is 3.34. The minimum atomic E-state index is 0.161. The van der Waals surface area contributed by atoms with E-state index in [0.29, 0.717) is 15.0 Å². The maximum atomic E-state index is 6.20. The van der Waals surface area contributed by atoms with Gasteiger partial charge in [0.25, 0.3) is 0 Å². The van der Waals surface area contributed by atoms with Gasteiger partial charge in [0.1, 0.15) is 0 Å². The van der Waals surface area contributed by atoms with Crippen LogP contribution in [-0.2, 0) is 4.74 Å². The zero-order chi connectivity index (χ0) is 17.4. The molecule has 0 aromatic heterocycles. The zero-order valence-corrected chi connectivity index (χ0v) is 18.3. The van der Waals surface area contributed by atoms with Crippen molar-refractivity contribution in [3.8, 4) is 0 Å². The van der Waals surface area contributed by atoms with Gasteiger partial charge in [0.15, 0.2) is 0 Å². The van der Waals surface area contributed by atoms with E-state index in [9.17, 15) is 0 Å². The van der Waals surface area contributed by atoms with Crippen molar-refractivity contribution in [1.29, 1.82) is 0 Å². The second-order valence-electron chi connectivity index (χ2n) is 6.55. The molecule has 0 aliphatic carbocycles. The molecule has 2 rings (SSSR count). The summed E-state index contributed by atoms with van der Waals surface area (Å²) < 4.78 is 10.5. The van der Waals surface area contributed by atoms with Crippen molar-refractivity contribution in [2.75, 3.05) is 6.61 Å². The SMILES string of the molecule is CCOC([Se]c1ccccc1)/C(=C/C(C)(C)C)[Se]c1ccccc1. The summed E-state index contributed by atoms with van der Waals surface area (Å²) in [5.74, 6) is 0. The van der Waals surface area contributed by atoms with Gasteiger partial charge in [-0.15, -0.1) is 0 Å². The van der Waals surface area contributed by atoms with Crippen LogP contribution in [0.2, 0.25) is 0 Å². The second-order valence-corrected chi connectivity index (χ2v) is 11.3. The molecule has 0 spiro atoms. The molecule has 0 saturated carbocycles. The second kappa shape index (κ2) is 9.61. The molecule has 24 heavy (non-hydrogen) atoms. The first-order valence-electron chi connectivity index (χ1n) is 8.27. The maximum absolute atomic E-state index is 6.20. The third-order valence-corrected chi connectivity index (χ3v) is 8.51. The van der Waals surface area contributed by atoms with Gasteiger partial charge >= 0.3 is 160 Å². The number of hydrogen-bond donors (Lipinski definition) is 0. The van der Waals surface area contributed by atoms with Crippen LogP contribution < -0.4 is 8.92 Å². The first-order chi connectivity index (χ1) is 11.5. The van der Waals surface area contributed by atoms with Gasteiger partial charge < -0.3 is 0 Å². The van der Waals surface area contributed by atoms with Gasteiger partial charge in [-0.2, -0.15) is 0 Å². The number of benzene rings is 2. The molecule has 0 bridgehead atoms. The Morgan fingerprint density at radius 3 is 2.00 bits per heavy atom. The average molecular weight is 452 g/mol. The van der Waals surface area contributed by atoms with Gasteiger partial charge in [-0.25, -0.2) is 0 Å². The standard InChI is InChI=1S/C21H26OSe2/c1-5-22-20(24-18-14-10-7-11-15-18)19(16-21(2,3)4)23-17-12-8-6-9-13-17/h6-16,20H,5H2,1-4H3/b19-16-. The first-order valence-corrected chi connectivity index (χ1v) is 11.8. The molecule has 1 atom stereocenters. The molecule has 0 aliphatic rings. The average Bonchev–Trinajstić information content (AvgIpc) is 2.54. The Labute approximate surface area is 159 Å². The molecule has 0 aliphatic heterocycles. The van der Waals surface area contributed by atoms with Crippen molar-refractivity contribution < 1.29 is 4.74 Å². The van der Waals surface area contributed by atoms with Crippen LogP contribution in [0.3, 0.4) is 0 Å². The Bertz CT molecular complexity index is 630. The van der Waals surface area contributed by atoms with Gasteiger partial charge in [0, 0.05) is 0 Å². The van der Waals surface area contributed by atoms with Crippen molar-refractivity contribution in [3.05, 3.63) is 71.2 Å². The molecule has 0 N–H and O–H groups in total. The molecule has 0 saturated heterocycles. The van der Waals surface area contributed by atoms with Crippen LogP contribution in [0.1, 0.15) is 27.7 Å².